The first-order valence-electron chi connectivity index (χ1n) is 7.31. The van der Waals surface area contributed by atoms with E-state index in [1.54, 1.807) is 31.3 Å². The molecule has 0 aliphatic rings. The Morgan fingerprint density at radius 2 is 1.91 bits per heavy atom. The van der Waals surface area contributed by atoms with Gasteiger partial charge in [-0.3, -0.25) is 9.78 Å². The number of carbonyl (C=O) groups excluding carboxylic acids is 2. The zero-order valence-corrected chi connectivity index (χ0v) is 13.0. The molecular formula is C17H20N2O3. The topological polar surface area (TPSA) is 68.3 Å². The van der Waals surface area contributed by atoms with Crippen LogP contribution in [0.5, 0.6) is 0 Å². The van der Waals surface area contributed by atoms with Crippen LogP contribution in [0.4, 0.5) is 0 Å². The number of ether oxygens (including phenoxy) is 1. The third-order valence-corrected chi connectivity index (χ3v) is 3.19. The zero-order valence-electron chi connectivity index (χ0n) is 13.0. The fourth-order valence-electron chi connectivity index (χ4n) is 1.99. The number of hydrogen-bond acceptors (Lipinski definition) is 4. The second-order valence-corrected chi connectivity index (χ2v) is 5.57. The van der Waals surface area contributed by atoms with Crippen molar-refractivity contribution in [3.05, 3.63) is 42.1 Å². The van der Waals surface area contributed by atoms with Crippen LogP contribution in [0.3, 0.4) is 0 Å². The fraction of sp³-hybridized carbons (Fsp3) is 0.353. The molecule has 0 saturated heterocycles. The molecule has 1 heterocycles. The average Bonchev–Trinajstić information content (AvgIpc) is 2.51. The molecule has 5 heteroatoms. The molecule has 1 N–H and O–H groups in total. The normalized spacial score (nSPS) is 12.2. The summed E-state index contributed by atoms with van der Waals surface area (Å²) in [5.74, 6) is -0.499. The average molecular weight is 300 g/mol. The molecule has 0 aliphatic heterocycles. The quantitative estimate of drug-likeness (QED) is 0.862. The molecule has 1 atom stereocenters. The molecule has 2 aromatic rings. The van der Waals surface area contributed by atoms with Crippen molar-refractivity contribution in [3.8, 4) is 0 Å². The van der Waals surface area contributed by atoms with Gasteiger partial charge in [0.05, 0.1) is 11.1 Å². The third kappa shape index (κ3) is 3.81. The summed E-state index contributed by atoms with van der Waals surface area (Å²) in [6, 6.07) is 8.97. The van der Waals surface area contributed by atoms with Crippen molar-refractivity contribution < 1.29 is 14.3 Å². The van der Waals surface area contributed by atoms with Crippen LogP contribution in [0.1, 0.15) is 31.1 Å². The van der Waals surface area contributed by atoms with E-state index in [-0.39, 0.29) is 5.91 Å². The van der Waals surface area contributed by atoms with Crippen molar-refractivity contribution in [2.24, 2.45) is 5.92 Å². The molecule has 1 aromatic heterocycles. The number of hydrogen-bond donors (Lipinski definition) is 1. The second-order valence-electron chi connectivity index (χ2n) is 5.57. The molecule has 0 unspecified atom stereocenters. The second kappa shape index (κ2) is 7.02. The van der Waals surface area contributed by atoms with Crippen LogP contribution in [0.15, 0.2) is 36.5 Å². The number of carbonyl (C=O) groups is 2. The highest BCUT2D eigenvalue weighted by atomic mass is 16.5. The molecule has 0 bridgehead atoms. The van der Waals surface area contributed by atoms with E-state index in [9.17, 15) is 9.59 Å². The summed E-state index contributed by atoms with van der Waals surface area (Å²) < 4.78 is 5.25. The smallest absolute Gasteiger partial charge is 0.341 e. The van der Waals surface area contributed by atoms with Crippen molar-refractivity contribution in [1.29, 1.82) is 0 Å². The number of fused-ring (bicyclic) bond motifs is 1. The Hall–Kier alpha value is -2.43. The Bertz CT molecular complexity index is 677. The molecule has 0 saturated carbocycles. The van der Waals surface area contributed by atoms with E-state index < -0.39 is 12.1 Å². The largest absolute Gasteiger partial charge is 0.449 e. The summed E-state index contributed by atoms with van der Waals surface area (Å²) in [7, 11) is 0. The molecule has 1 amide bonds. The highest BCUT2D eigenvalue weighted by Gasteiger charge is 2.20. The van der Waals surface area contributed by atoms with Gasteiger partial charge in [-0.15, -0.1) is 0 Å². The van der Waals surface area contributed by atoms with Gasteiger partial charge in [-0.25, -0.2) is 4.79 Å². The minimum Gasteiger partial charge on any atom is -0.449 e. The number of pyridine rings is 1. The predicted molar refractivity (Wildman–Crippen MR) is 84.5 cm³/mol. The number of aromatic nitrogens is 1. The van der Waals surface area contributed by atoms with Gasteiger partial charge in [-0.1, -0.05) is 32.0 Å². The van der Waals surface area contributed by atoms with E-state index in [1.165, 1.54) is 0 Å². The van der Waals surface area contributed by atoms with Crippen LogP contribution in [-0.4, -0.2) is 29.5 Å². The molecule has 22 heavy (non-hydrogen) atoms. The van der Waals surface area contributed by atoms with Crippen LogP contribution in [-0.2, 0) is 9.53 Å². The molecule has 0 fully saturated rings. The van der Waals surface area contributed by atoms with Gasteiger partial charge in [-0.2, -0.15) is 0 Å². The van der Waals surface area contributed by atoms with Gasteiger partial charge >= 0.3 is 5.97 Å². The van der Waals surface area contributed by atoms with Crippen LogP contribution in [0, 0.1) is 5.92 Å². The van der Waals surface area contributed by atoms with Gasteiger partial charge in [-0.05, 0) is 25.0 Å². The van der Waals surface area contributed by atoms with Gasteiger partial charge in [0.1, 0.15) is 0 Å². The third-order valence-electron chi connectivity index (χ3n) is 3.19. The lowest BCUT2D eigenvalue weighted by Gasteiger charge is -2.15. The number of nitrogens with zero attached hydrogens (tertiary/aromatic N) is 1. The van der Waals surface area contributed by atoms with Crippen LogP contribution < -0.4 is 5.32 Å². The Labute approximate surface area is 129 Å². The Kier molecular flexibility index (Phi) is 5.09. The van der Waals surface area contributed by atoms with Gasteiger partial charge in [0, 0.05) is 18.1 Å². The van der Waals surface area contributed by atoms with Crippen molar-refractivity contribution in [2.45, 2.75) is 26.9 Å². The molecular weight excluding hydrogens is 280 g/mol. The Morgan fingerprint density at radius 3 is 2.64 bits per heavy atom. The van der Waals surface area contributed by atoms with Crippen LogP contribution in [0.25, 0.3) is 10.9 Å². The molecule has 0 radical (unpaired) electrons. The summed E-state index contributed by atoms with van der Waals surface area (Å²) >= 11 is 0. The van der Waals surface area contributed by atoms with Crippen LogP contribution in [0.2, 0.25) is 0 Å². The number of amides is 1. The summed E-state index contributed by atoms with van der Waals surface area (Å²) in [5, 5.41) is 3.60. The van der Waals surface area contributed by atoms with Gasteiger partial charge in [0.2, 0.25) is 0 Å². The number of nitrogens with one attached hydrogen (secondary N) is 1. The molecule has 116 valence electrons. The van der Waals surface area contributed by atoms with E-state index >= 15 is 0 Å². The van der Waals surface area contributed by atoms with Gasteiger partial charge in [0.25, 0.3) is 5.91 Å². The van der Waals surface area contributed by atoms with Crippen molar-refractivity contribution >= 4 is 22.8 Å². The van der Waals surface area contributed by atoms with E-state index in [0.717, 1.165) is 5.39 Å². The van der Waals surface area contributed by atoms with E-state index in [1.807, 2.05) is 26.0 Å². The van der Waals surface area contributed by atoms with Crippen molar-refractivity contribution in [1.82, 2.24) is 10.3 Å². The summed E-state index contributed by atoms with van der Waals surface area (Å²) in [6.07, 6.45) is 0.781. The number of benzene rings is 1. The number of rotatable bonds is 5. The molecule has 0 aliphatic carbocycles. The first-order valence-corrected chi connectivity index (χ1v) is 7.31. The minimum absolute atomic E-state index is 0.296. The van der Waals surface area contributed by atoms with Crippen LogP contribution >= 0.6 is 0 Å². The van der Waals surface area contributed by atoms with Crippen molar-refractivity contribution in [3.63, 3.8) is 0 Å². The van der Waals surface area contributed by atoms with E-state index in [0.29, 0.717) is 23.5 Å². The lowest BCUT2D eigenvalue weighted by atomic mass is 10.1. The zero-order chi connectivity index (χ0) is 16.1. The minimum atomic E-state index is -0.842. The first kappa shape index (κ1) is 15.9. The summed E-state index contributed by atoms with van der Waals surface area (Å²) in [6.45, 7) is 6.11. The molecule has 2 rings (SSSR count). The monoisotopic (exact) mass is 300 g/mol. The lowest BCUT2D eigenvalue weighted by Crippen LogP contribution is -2.37. The standard InChI is InChI=1S/C17H20N2O3/c1-11(2)10-19-16(20)12(3)22-17(21)14-8-4-6-13-7-5-9-18-15(13)14/h4-9,11-12H,10H2,1-3H3,(H,19,20)/t12-/m1/s1. The number of para-hydroxylation sites is 1. The van der Waals surface area contributed by atoms with Gasteiger partial charge in [0.15, 0.2) is 6.10 Å². The highest BCUT2D eigenvalue weighted by Crippen LogP contribution is 2.17. The SMILES string of the molecule is CC(C)CNC(=O)[C@@H](C)OC(=O)c1cccc2cccnc12. The van der Waals surface area contributed by atoms with E-state index in [4.69, 9.17) is 4.74 Å². The van der Waals surface area contributed by atoms with Gasteiger partial charge < -0.3 is 10.1 Å². The fourth-order valence-corrected chi connectivity index (χ4v) is 1.99. The Morgan fingerprint density at radius 1 is 1.18 bits per heavy atom. The summed E-state index contributed by atoms with van der Waals surface area (Å²) in [4.78, 5) is 28.4. The molecule has 5 nitrogen and oxygen atoms in total. The predicted octanol–water partition coefficient (Wildman–Crippen LogP) is 2.55. The molecule has 1 aromatic carbocycles. The lowest BCUT2D eigenvalue weighted by molar-refractivity contribution is -0.129. The maximum atomic E-state index is 12.3. The van der Waals surface area contributed by atoms with E-state index in [2.05, 4.69) is 10.3 Å². The highest BCUT2D eigenvalue weighted by molar-refractivity contribution is 6.03. The number of esters is 1. The Balaban J connectivity index is 2.09. The maximum Gasteiger partial charge on any atom is 0.341 e. The first-order chi connectivity index (χ1) is 10.5. The maximum absolute atomic E-state index is 12.3. The molecule has 0 spiro atoms. The van der Waals surface area contributed by atoms with Crippen molar-refractivity contribution in [2.75, 3.05) is 6.54 Å². The summed E-state index contributed by atoms with van der Waals surface area (Å²) in [5.41, 5.74) is 0.936.